The van der Waals surface area contributed by atoms with Crippen LogP contribution < -0.4 is 4.74 Å². The van der Waals surface area contributed by atoms with E-state index in [-0.39, 0.29) is 17.2 Å². The maximum absolute atomic E-state index is 9.80. The highest BCUT2D eigenvalue weighted by molar-refractivity contribution is 5.84. The van der Waals surface area contributed by atoms with Gasteiger partial charge in [-0.3, -0.25) is 0 Å². The van der Waals surface area contributed by atoms with Crippen LogP contribution in [-0.4, -0.2) is 17.3 Å². The third-order valence-electron chi connectivity index (χ3n) is 3.38. The average molecular weight is 270 g/mol. The van der Waals surface area contributed by atoms with Gasteiger partial charge in [0, 0.05) is 16.5 Å². The molecule has 4 heteroatoms. The molecule has 2 aromatic carbocycles. The molecular formula is C16H14O4. The van der Waals surface area contributed by atoms with E-state index in [4.69, 9.17) is 9.15 Å². The summed E-state index contributed by atoms with van der Waals surface area (Å²) in [6, 6.07) is 11.0. The van der Waals surface area contributed by atoms with E-state index in [2.05, 4.69) is 0 Å². The summed E-state index contributed by atoms with van der Waals surface area (Å²) < 4.78 is 10.9. The highest BCUT2D eigenvalue weighted by Gasteiger charge is 2.18. The molecule has 0 saturated heterocycles. The van der Waals surface area contributed by atoms with Crippen molar-refractivity contribution in [3.8, 4) is 28.6 Å². The summed E-state index contributed by atoms with van der Waals surface area (Å²) in [6.45, 7) is 1.81. The maximum Gasteiger partial charge on any atom is 0.200 e. The van der Waals surface area contributed by atoms with Gasteiger partial charge in [0.15, 0.2) is 11.5 Å². The summed E-state index contributed by atoms with van der Waals surface area (Å²) in [7, 11) is 1.45. The Morgan fingerprint density at radius 1 is 1.10 bits per heavy atom. The lowest BCUT2D eigenvalue weighted by Crippen LogP contribution is -1.91. The van der Waals surface area contributed by atoms with Crippen LogP contribution in [0.5, 0.6) is 17.2 Å². The zero-order valence-electron chi connectivity index (χ0n) is 11.2. The number of para-hydroxylation sites is 1. The lowest BCUT2D eigenvalue weighted by Gasteiger charge is -2.12. The van der Waals surface area contributed by atoms with Crippen LogP contribution in [0.3, 0.4) is 0 Å². The number of methoxy groups -OCH3 is 1. The van der Waals surface area contributed by atoms with E-state index in [0.717, 1.165) is 11.0 Å². The van der Waals surface area contributed by atoms with Gasteiger partial charge in [0.1, 0.15) is 11.3 Å². The Bertz CT molecular complexity index is 754. The monoisotopic (exact) mass is 270 g/mol. The van der Waals surface area contributed by atoms with Gasteiger partial charge in [0.05, 0.1) is 7.11 Å². The highest BCUT2D eigenvalue weighted by atomic mass is 16.5. The van der Waals surface area contributed by atoms with Crippen molar-refractivity contribution in [1.29, 1.82) is 0 Å². The van der Waals surface area contributed by atoms with Gasteiger partial charge in [-0.2, -0.15) is 0 Å². The van der Waals surface area contributed by atoms with E-state index in [9.17, 15) is 10.2 Å². The molecule has 0 bridgehead atoms. The molecule has 0 amide bonds. The Balaban J connectivity index is 2.26. The molecule has 1 aromatic heterocycles. The minimum Gasteiger partial charge on any atom is -0.504 e. The number of fused-ring (bicyclic) bond motifs is 1. The van der Waals surface area contributed by atoms with Crippen LogP contribution in [0.25, 0.3) is 22.3 Å². The molecule has 0 spiro atoms. The standard InChI is InChI=1S/C16H14O4/c1-9-11(8-12(17)15(18)16(9)19-2)14-7-10-5-3-4-6-13(10)20-14/h3-8,17-18H,1-2H3. The summed E-state index contributed by atoms with van der Waals surface area (Å²) in [5.74, 6) is 0.380. The summed E-state index contributed by atoms with van der Waals surface area (Å²) in [5, 5.41) is 20.6. The number of phenolic OH excluding ortho intramolecular Hbond substituents is 2. The van der Waals surface area contributed by atoms with Crippen molar-refractivity contribution in [2.75, 3.05) is 7.11 Å². The van der Waals surface area contributed by atoms with Crippen molar-refractivity contribution in [2.45, 2.75) is 6.92 Å². The average Bonchev–Trinajstić information content (AvgIpc) is 2.87. The van der Waals surface area contributed by atoms with Gasteiger partial charge in [-0.1, -0.05) is 18.2 Å². The second kappa shape index (κ2) is 4.49. The van der Waals surface area contributed by atoms with E-state index < -0.39 is 0 Å². The second-order valence-corrected chi connectivity index (χ2v) is 4.60. The number of rotatable bonds is 2. The van der Waals surface area contributed by atoms with Crippen molar-refractivity contribution in [3.05, 3.63) is 42.0 Å². The van der Waals surface area contributed by atoms with Crippen LogP contribution >= 0.6 is 0 Å². The number of ether oxygens (including phenoxy) is 1. The lowest BCUT2D eigenvalue weighted by molar-refractivity contribution is 0.349. The molecule has 0 saturated carbocycles. The normalized spacial score (nSPS) is 10.9. The third-order valence-corrected chi connectivity index (χ3v) is 3.38. The van der Waals surface area contributed by atoms with Gasteiger partial charge in [-0.15, -0.1) is 0 Å². The minimum atomic E-state index is -0.259. The Kier molecular flexibility index (Phi) is 2.79. The Labute approximate surface area is 115 Å². The van der Waals surface area contributed by atoms with E-state index >= 15 is 0 Å². The van der Waals surface area contributed by atoms with Crippen molar-refractivity contribution in [1.82, 2.24) is 0 Å². The molecule has 20 heavy (non-hydrogen) atoms. The van der Waals surface area contributed by atoms with Gasteiger partial charge in [-0.05, 0) is 25.1 Å². The smallest absolute Gasteiger partial charge is 0.200 e. The molecule has 0 aliphatic rings. The van der Waals surface area contributed by atoms with Crippen molar-refractivity contribution in [2.24, 2.45) is 0 Å². The second-order valence-electron chi connectivity index (χ2n) is 4.60. The summed E-state index contributed by atoms with van der Waals surface area (Å²) in [6.07, 6.45) is 0. The van der Waals surface area contributed by atoms with E-state index in [1.807, 2.05) is 30.3 Å². The molecule has 0 aliphatic carbocycles. The number of furan rings is 1. The van der Waals surface area contributed by atoms with Crippen LogP contribution in [-0.2, 0) is 0 Å². The predicted octanol–water partition coefficient (Wildman–Crippen LogP) is 3.83. The third kappa shape index (κ3) is 1.77. The van der Waals surface area contributed by atoms with E-state index in [1.54, 1.807) is 6.92 Å². The topological polar surface area (TPSA) is 62.8 Å². The molecule has 0 unspecified atom stereocenters. The van der Waals surface area contributed by atoms with Gasteiger partial charge in [-0.25, -0.2) is 0 Å². The van der Waals surface area contributed by atoms with E-state index in [0.29, 0.717) is 16.9 Å². The van der Waals surface area contributed by atoms with Gasteiger partial charge in [0.2, 0.25) is 5.75 Å². The van der Waals surface area contributed by atoms with Crippen LogP contribution in [0, 0.1) is 6.92 Å². The number of phenols is 2. The van der Waals surface area contributed by atoms with Gasteiger partial charge in [0.25, 0.3) is 0 Å². The summed E-state index contributed by atoms with van der Waals surface area (Å²) >= 11 is 0. The Morgan fingerprint density at radius 3 is 2.55 bits per heavy atom. The van der Waals surface area contributed by atoms with Gasteiger partial charge >= 0.3 is 0 Å². The zero-order valence-corrected chi connectivity index (χ0v) is 11.2. The quantitative estimate of drug-likeness (QED) is 0.695. The number of aromatic hydroxyl groups is 2. The molecule has 2 N–H and O–H groups in total. The fourth-order valence-corrected chi connectivity index (χ4v) is 2.35. The number of hydrogen-bond donors (Lipinski definition) is 2. The molecule has 0 aliphatic heterocycles. The molecule has 1 heterocycles. The molecular weight excluding hydrogens is 256 g/mol. The molecule has 0 radical (unpaired) electrons. The largest absolute Gasteiger partial charge is 0.504 e. The number of hydrogen-bond acceptors (Lipinski definition) is 4. The molecule has 0 fully saturated rings. The maximum atomic E-state index is 9.80. The van der Waals surface area contributed by atoms with Gasteiger partial charge < -0.3 is 19.4 Å². The van der Waals surface area contributed by atoms with Crippen molar-refractivity contribution < 1.29 is 19.4 Å². The van der Waals surface area contributed by atoms with Crippen LogP contribution in [0.15, 0.2) is 40.8 Å². The van der Waals surface area contributed by atoms with Crippen LogP contribution in [0.4, 0.5) is 0 Å². The fraction of sp³-hybridized carbons (Fsp3) is 0.125. The summed E-state index contributed by atoms with van der Waals surface area (Å²) in [4.78, 5) is 0. The fourth-order valence-electron chi connectivity index (χ4n) is 2.35. The van der Waals surface area contributed by atoms with E-state index in [1.165, 1.54) is 13.2 Å². The van der Waals surface area contributed by atoms with Crippen molar-refractivity contribution in [3.63, 3.8) is 0 Å². The van der Waals surface area contributed by atoms with Crippen molar-refractivity contribution >= 4 is 11.0 Å². The number of benzene rings is 2. The van der Waals surface area contributed by atoms with Crippen LogP contribution in [0.2, 0.25) is 0 Å². The minimum absolute atomic E-state index is 0.233. The zero-order chi connectivity index (χ0) is 14.3. The molecule has 0 atom stereocenters. The molecule has 3 rings (SSSR count). The highest BCUT2D eigenvalue weighted by Crippen LogP contribution is 2.44. The predicted molar refractivity (Wildman–Crippen MR) is 76.3 cm³/mol. The first-order valence-electron chi connectivity index (χ1n) is 6.20. The molecule has 102 valence electrons. The Morgan fingerprint density at radius 2 is 1.85 bits per heavy atom. The first-order chi connectivity index (χ1) is 9.61. The molecule has 4 nitrogen and oxygen atoms in total. The molecule has 3 aromatic rings. The lowest BCUT2D eigenvalue weighted by atomic mass is 10.0. The van der Waals surface area contributed by atoms with Crippen LogP contribution in [0.1, 0.15) is 5.56 Å². The first-order valence-corrected chi connectivity index (χ1v) is 6.20. The summed E-state index contributed by atoms with van der Waals surface area (Å²) in [5.41, 5.74) is 2.17. The SMILES string of the molecule is COc1c(C)c(-c2cc3ccccc3o2)cc(O)c1O. The first kappa shape index (κ1) is 12.4. The Hall–Kier alpha value is -2.62.